The van der Waals surface area contributed by atoms with E-state index in [1.165, 1.54) is 0 Å². The lowest BCUT2D eigenvalue weighted by atomic mass is 10.3. The van der Waals surface area contributed by atoms with Crippen LogP contribution in [0.5, 0.6) is 11.5 Å². The van der Waals surface area contributed by atoms with E-state index in [1.807, 2.05) is 26.0 Å². The van der Waals surface area contributed by atoms with Crippen molar-refractivity contribution in [2.24, 2.45) is 0 Å². The summed E-state index contributed by atoms with van der Waals surface area (Å²) in [4.78, 5) is 11.1. The number of esters is 1. The molecule has 3 heteroatoms. The third-order valence-electron chi connectivity index (χ3n) is 1.72. The van der Waals surface area contributed by atoms with Crippen LogP contribution in [-0.2, 0) is 4.79 Å². The molecule has 0 aliphatic carbocycles. The molecule has 0 radical (unpaired) electrons. The molecule has 0 saturated carbocycles. The molecule has 0 unspecified atom stereocenters. The molecule has 0 saturated heterocycles. The van der Waals surface area contributed by atoms with E-state index in [4.69, 9.17) is 9.47 Å². The van der Waals surface area contributed by atoms with Crippen molar-refractivity contribution in [1.29, 1.82) is 0 Å². The average Bonchev–Trinajstić information content (AvgIpc) is 2.20. The van der Waals surface area contributed by atoms with E-state index in [0.717, 1.165) is 0 Å². The van der Waals surface area contributed by atoms with Gasteiger partial charge in [0.15, 0.2) is 11.5 Å². The Hall–Kier alpha value is -1.51. The fourth-order valence-corrected chi connectivity index (χ4v) is 1.08. The first-order valence-electron chi connectivity index (χ1n) is 5.09. The summed E-state index contributed by atoms with van der Waals surface area (Å²) >= 11 is 0. The van der Waals surface area contributed by atoms with E-state index in [-0.39, 0.29) is 12.1 Å². The van der Waals surface area contributed by atoms with Gasteiger partial charge in [0.25, 0.3) is 0 Å². The Morgan fingerprint density at radius 3 is 2.40 bits per heavy atom. The van der Waals surface area contributed by atoms with Crippen LogP contribution in [0.4, 0.5) is 0 Å². The predicted molar refractivity (Wildman–Crippen MR) is 58.1 cm³/mol. The number of hydrogen-bond acceptors (Lipinski definition) is 3. The Morgan fingerprint density at radius 1 is 1.27 bits per heavy atom. The predicted octanol–water partition coefficient (Wildman–Crippen LogP) is 2.79. The van der Waals surface area contributed by atoms with Crippen molar-refractivity contribution >= 4 is 5.97 Å². The van der Waals surface area contributed by atoms with Gasteiger partial charge < -0.3 is 9.47 Å². The number of para-hydroxylation sites is 2. The summed E-state index contributed by atoms with van der Waals surface area (Å²) in [5.41, 5.74) is 0. The van der Waals surface area contributed by atoms with Gasteiger partial charge in [-0.3, -0.25) is 4.79 Å². The van der Waals surface area contributed by atoms with Crippen molar-refractivity contribution in [1.82, 2.24) is 0 Å². The number of ether oxygens (including phenoxy) is 2. The summed E-state index contributed by atoms with van der Waals surface area (Å²) in [5, 5.41) is 0. The number of benzene rings is 1. The zero-order valence-electron chi connectivity index (χ0n) is 9.32. The molecule has 0 fully saturated rings. The fraction of sp³-hybridized carbons (Fsp3) is 0.417. The highest BCUT2D eigenvalue weighted by Gasteiger charge is 2.08. The van der Waals surface area contributed by atoms with Crippen molar-refractivity contribution in [2.75, 3.05) is 0 Å². The highest BCUT2D eigenvalue weighted by atomic mass is 16.6. The molecule has 0 atom stereocenters. The third kappa shape index (κ3) is 3.62. The van der Waals surface area contributed by atoms with Gasteiger partial charge in [-0.1, -0.05) is 19.1 Å². The molecule has 0 aliphatic rings. The van der Waals surface area contributed by atoms with E-state index in [1.54, 1.807) is 19.1 Å². The monoisotopic (exact) mass is 208 g/mol. The summed E-state index contributed by atoms with van der Waals surface area (Å²) in [7, 11) is 0. The number of carbonyl (C=O) groups is 1. The molecule has 0 aliphatic heterocycles. The van der Waals surface area contributed by atoms with E-state index < -0.39 is 0 Å². The zero-order valence-corrected chi connectivity index (χ0v) is 9.32. The second kappa shape index (κ2) is 5.39. The number of carbonyl (C=O) groups excluding carboxylic acids is 1. The molecule has 1 aromatic carbocycles. The van der Waals surface area contributed by atoms with Gasteiger partial charge in [0.1, 0.15) is 0 Å². The summed E-state index contributed by atoms with van der Waals surface area (Å²) in [6.45, 7) is 5.62. The van der Waals surface area contributed by atoms with Gasteiger partial charge in [-0.2, -0.15) is 0 Å². The van der Waals surface area contributed by atoms with Crippen LogP contribution in [0.15, 0.2) is 24.3 Å². The van der Waals surface area contributed by atoms with Gasteiger partial charge >= 0.3 is 5.97 Å². The second-order valence-electron chi connectivity index (χ2n) is 3.44. The molecule has 0 N–H and O–H groups in total. The average molecular weight is 208 g/mol. The topological polar surface area (TPSA) is 35.5 Å². The number of rotatable bonds is 4. The Morgan fingerprint density at radius 2 is 1.87 bits per heavy atom. The molecule has 0 heterocycles. The fourth-order valence-electron chi connectivity index (χ4n) is 1.08. The largest absolute Gasteiger partial charge is 0.487 e. The molecule has 1 aromatic rings. The summed E-state index contributed by atoms with van der Waals surface area (Å²) < 4.78 is 10.6. The van der Waals surface area contributed by atoms with Gasteiger partial charge in [0, 0.05) is 6.42 Å². The lowest BCUT2D eigenvalue weighted by molar-refractivity contribution is -0.134. The van der Waals surface area contributed by atoms with Gasteiger partial charge in [-0.05, 0) is 26.0 Å². The first kappa shape index (κ1) is 11.6. The third-order valence-corrected chi connectivity index (χ3v) is 1.72. The molecule has 0 spiro atoms. The van der Waals surface area contributed by atoms with Gasteiger partial charge in [-0.25, -0.2) is 0 Å². The quantitative estimate of drug-likeness (QED) is 0.563. The van der Waals surface area contributed by atoms with E-state index in [2.05, 4.69) is 0 Å². The summed E-state index contributed by atoms with van der Waals surface area (Å²) in [5.74, 6) is 0.835. The Bertz CT molecular complexity index is 331. The van der Waals surface area contributed by atoms with Crippen LogP contribution >= 0.6 is 0 Å². The van der Waals surface area contributed by atoms with Gasteiger partial charge in [-0.15, -0.1) is 0 Å². The molecule has 0 amide bonds. The Kier molecular flexibility index (Phi) is 4.16. The first-order valence-corrected chi connectivity index (χ1v) is 5.09. The maximum Gasteiger partial charge on any atom is 0.311 e. The molecule has 0 bridgehead atoms. The highest BCUT2D eigenvalue weighted by Crippen LogP contribution is 2.27. The molecule has 82 valence electrons. The smallest absolute Gasteiger partial charge is 0.311 e. The molecular formula is C12H16O3. The van der Waals surface area contributed by atoms with E-state index in [0.29, 0.717) is 17.9 Å². The van der Waals surface area contributed by atoms with Crippen LogP contribution in [0.1, 0.15) is 27.2 Å². The molecule has 1 rings (SSSR count). The van der Waals surface area contributed by atoms with E-state index in [9.17, 15) is 4.79 Å². The standard InChI is InChI=1S/C12H16O3/c1-4-12(13)15-11-8-6-5-7-10(11)14-9(2)3/h5-9H,4H2,1-3H3. The maximum absolute atomic E-state index is 11.1. The lowest BCUT2D eigenvalue weighted by Crippen LogP contribution is -2.10. The molecule has 3 nitrogen and oxygen atoms in total. The van der Waals surface area contributed by atoms with Crippen molar-refractivity contribution in [3.63, 3.8) is 0 Å². The molecular weight excluding hydrogens is 192 g/mol. The summed E-state index contributed by atoms with van der Waals surface area (Å²) in [6, 6.07) is 7.18. The Balaban J connectivity index is 2.81. The number of hydrogen-bond donors (Lipinski definition) is 0. The van der Waals surface area contributed by atoms with Crippen LogP contribution in [0.3, 0.4) is 0 Å². The van der Waals surface area contributed by atoms with Crippen molar-refractivity contribution in [3.05, 3.63) is 24.3 Å². The molecule has 0 aromatic heterocycles. The van der Waals surface area contributed by atoms with Crippen molar-refractivity contribution < 1.29 is 14.3 Å². The zero-order chi connectivity index (χ0) is 11.3. The maximum atomic E-state index is 11.1. The normalized spacial score (nSPS) is 10.1. The van der Waals surface area contributed by atoms with Crippen molar-refractivity contribution in [2.45, 2.75) is 33.3 Å². The van der Waals surface area contributed by atoms with Crippen LogP contribution in [0.25, 0.3) is 0 Å². The minimum atomic E-state index is -0.255. The SMILES string of the molecule is CCC(=O)Oc1ccccc1OC(C)C. The second-order valence-corrected chi connectivity index (χ2v) is 3.44. The van der Waals surface area contributed by atoms with Gasteiger partial charge in [0.05, 0.1) is 6.10 Å². The van der Waals surface area contributed by atoms with Crippen LogP contribution in [0, 0.1) is 0 Å². The highest BCUT2D eigenvalue weighted by molar-refractivity contribution is 5.72. The lowest BCUT2D eigenvalue weighted by Gasteiger charge is -2.13. The van der Waals surface area contributed by atoms with Crippen LogP contribution in [0.2, 0.25) is 0 Å². The van der Waals surface area contributed by atoms with Crippen molar-refractivity contribution in [3.8, 4) is 11.5 Å². The van der Waals surface area contributed by atoms with Crippen LogP contribution in [-0.4, -0.2) is 12.1 Å². The van der Waals surface area contributed by atoms with Gasteiger partial charge in [0.2, 0.25) is 0 Å². The minimum absolute atomic E-state index is 0.0616. The summed E-state index contributed by atoms with van der Waals surface area (Å²) in [6.07, 6.45) is 0.419. The Labute approximate surface area is 90.0 Å². The van der Waals surface area contributed by atoms with Crippen LogP contribution < -0.4 is 9.47 Å². The van der Waals surface area contributed by atoms with E-state index >= 15 is 0 Å². The first-order chi connectivity index (χ1) is 7.13. The minimum Gasteiger partial charge on any atom is -0.487 e. The molecule has 15 heavy (non-hydrogen) atoms.